The minimum atomic E-state index is 0.228. The lowest BCUT2D eigenvalue weighted by molar-refractivity contribution is 0.176. The Morgan fingerprint density at radius 1 is 1.24 bits per heavy atom. The van der Waals surface area contributed by atoms with Crippen molar-refractivity contribution < 1.29 is 0 Å². The fourth-order valence-corrected chi connectivity index (χ4v) is 3.58. The van der Waals surface area contributed by atoms with Crippen LogP contribution in [0.5, 0.6) is 0 Å². The van der Waals surface area contributed by atoms with E-state index in [0.29, 0.717) is 6.04 Å². The molecule has 2 unspecified atom stereocenters. The summed E-state index contributed by atoms with van der Waals surface area (Å²) in [7, 11) is 2.27. The molecule has 2 atom stereocenters. The lowest BCUT2D eigenvalue weighted by atomic mass is 9.79. The van der Waals surface area contributed by atoms with Crippen LogP contribution in [0.15, 0.2) is 30.3 Å². The average molecular weight is 288 g/mol. The molecule has 2 rings (SSSR count). The molecule has 1 heterocycles. The Kier molecular flexibility index (Phi) is 5.83. The van der Waals surface area contributed by atoms with Gasteiger partial charge in [-0.1, -0.05) is 50.6 Å². The maximum atomic E-state index is 3.77. The van der Waals surface area contributed by atoms with Gasteiger partial charge in [0, 0.05) is 18.6 Å². The maximum Gasteiger partial charge on any atom is 0.0217 e. The molecular formula is C19H32N2. The summed E-state index contributed by atoms with van der Waals surface area (Å²) >= 11 is 0. The van der Waals surface area contributed by atoms with Crippen LogP contribution in [0.3, 0.4) is 0 Å². The van der Waals surface area contributed by atoms with Crippen molar-refractivity contribution in [2.24, 2.45) is 0 Å². The van der Waals surface area contributed by atoms with Crippen LogP contribution in [0.2, 0.25) is 0 Å². The van der Waals surface area contributed by atoms with Gasteiger partial charge in [0.05, 0.1) is 0 Å². The molecule has 1 saturated heterocycles. The molecule has 1 fully saturated rings. The van der Waals surface area contributed by atoms with Crippen molar-refractivity contribution in [3.63, 3.8) is 0 Å². The number of hydrogen-bond acceptors (Lipinski definition) is 2. The third-order valence-electron chi connectivity index (χ3n) is 5.00. The molecule has 0 aromatic heterocycles. The molecule has 21 heavy (non-hydrogen) atoms. The van der Waals surface area contributed by atoms with Crippen LogP contribution < -0.4 is 5.32 Å². The zero-order chi connectivity index (χ0) is 15.3. The molecule has 118 valence electrons. The van der Waals surface area contributed by atoms with Gasteiger partial charge in [0.1, 0.15) is 0 Å². The quantitative estimate of drug-likeness (QED) is 0.856. The molecule has 0 spiro atoms. The van der Waals surface area contributed by atoms with Gasteiger partial charge >= 0.3 is 0 Å². The van der Waals surface area contributed by atoms with Crippen molar-refractivity contribution in [2.45, 2.75) is 64.0 Å². The summed E-state index contributed by atoms with van der Waals surface area (Å²) in [6, 6.07) is 12.2. The number of likely N-dealkylation sites (N-methyl/N-ethyl adjacent to an activating group) is 1. The average Bonchev–Trinajstić information content (AvgIpc) is 2.47. The Hall–Kier alpha value is -0.860. The fraction of sp³-hybridized carbons (Fsp3) is 0.684. The molecule has 2 nitrogen and oxygen atoms in total. The van der Waals surface area contributed by atoms with Gasteiger partial charge in [-0.25, -0.2) is 0 Å². The molecular weight excluding hydrogens is 256 g/mol. The summed E-state index contributed by atoms with van der Waals surface area (Å²) in [6.07, 6.45) is 5.27. The highest BCUT2D eigenvalue weighted by molar-refractivity contribution is 5.23. The van der Waals surface area contributed by atoms with Gasteiger partial charge < -0.3 is 10.2 Å². The van der Waals surface area contributed by atoms with Crippen molar-refractivity contribution in [3.05, 3.63) is 35.9 Å². The van der Waals surface area contributed by atoms with Crippen molar-refractivity contribution in [1.29, 1.82) is 0 Å². The number of rotatable bonds is 6. The van der Waals surface area contributed by atoms with Crippen LogP contribution in [0.25, 0.3) is 0 Å². The minimum Gasteiger partial charge on any atom is -0.313 e. The van der Waals surface area contributed by atoms with Crippen LogP contribution in [0.4, 0.5) is 0 Å². The number of hydrogen-bond donors (Lipinski definition) is 1. The molecule has 1 N–H and O–H groups in total. The summed E-state index contributed by atoms with van der Waals surface area (Å²) in [5, 5.41) is 3.77. The van der Waals surface area contributed by atoms with E-state index < -0.39 is 0 Å². The Morgan fingerprint density at radius 2 is 1.95 bits per heavy atom. The minimum absolute atomic E-state index is 0.228. The van der Waals surface area contributed by atoms with E-state index in [0.717, 1.165) is 12.6 Å². The second kappa shape index (κ2) is 7.42. The van der Waals surface area contributed by atoms with E-state index >= 15 is 0 Å². The Balaban J connectivity index is 1.82. The third kappa shape index (κ3) is 4.82. The monoisotopic (exact) mass is 288 g/mol. The summed E-state index contributed by atoms with van der Waals surface area (Å²) in [5.41, 5.74) is 1.67. The zero-order valence-electron chi connectivity index (χ0n) is 14.2. The molecule has 1 aromatic rings. The van der Waals surface area contributed by atoms with E-state index in [1.54, 1.807) is 0 Å². The molecule has 1 aromatic carbocycles. The van der Waals surface area contributed by atoms with Gasteiger partial charge in [-0.05, 0) is 50.8 Å². The molecule has 0 bridgehead atoms. The standard InChI is InChI=1S/C19H32N2/c1-16(20-15-18-12-8-9-13-21(18)4)14-19(2,3)17-10-6-5-7-11-17/h5-7,10-11,16,18,20H,8-9,12-15H2,1-4H3. The van der Waals surface area contributed by atoms with E-state index in [2.05, 4.69) is 68.4 Å². The van der Waals surface area contributed by atoms with Crippen LogP contribution in [-0.2, 0) is 5.41 Å². The second-order valence-electron chi connectivity index (χ2n) is 7.39. The molecule has 0 radical (unpaired) electrons. The van der Waals surface area contributed by atoms with Crippen LogP contribution in [0.1, 0.15) is 52.0 Å². The van der Waals surface area contributed by atoms with Gasteiger partial charge in [0.2, 0.25) is 0 Å². The second-order valence-corrected chi connectivity index (χ2v) is 7.39. The third-order valence-corrected chi connectivity index (χ3v) is 5.00. The topological polar surface area (TPSA) is 15.3 Å². The van der Waals surface area contributed by atoms with Crippen LogP contribution in [-0.4, -0.2) is 37.1 Å². The first-order valence-corrected chi connectivity index (χ1v) is 8.48. The van der Waals surface area contributed by atoms with E-state index in [4.69, 9.17) is 0 Å². The number of benzene rings is 1. The van der Waals surface area contributed by atoms with Crippen molar-refractivity contribution >= 4 is 0 Å². The van der Waals surface area contributed by atoms with Crippen molar-refractivity contribution in [1.82, 2.24) is 10.2 Å². The van der Waals surface area contributed by atoms with Gasteiger partial charge in [-0.3, -0.25) is 0 Å². The van der Waals surface area contributed by atoms with E-state index in [-0.39, 0.29) is 5.41 Å². The van der Waals surface area contributed by atoms with Gasteiger partial charge in [0.15, 0.2) is 0 Å². The van der Waals surface area contributed by atoms with Crippen molar-refractivity contribution in [2.75, 3.05) is 20.1 Å². The highest BCUT2D eigenvalue weighted by Crippen LogP contribution is 2.28. The highest BCUT2D eigenvalue weighted by atomic mass is 15.2. The summed E-state index contributed by atoms with van der Waals surface area (Å²) in [6.45, 7) is 9.42. The number of nitrogens with one attached hydrogen (secondary N) is 1. The van der Waals surface area contributed by atoms with Gasteiger partial charge in [0.25, 0.3) is 0 Å². The molecule has 0 amide bonds. The van der Waals surface area contributed by atoms with E-state index in [9.17, 15) is 0 Å². The first-order valence-electron chi connectivity index (χ1n) is 8.48. The van der Waals surface area contributed by atoms with Crippen molar-refractivity contribution in [3.8, 4) is 0 Å². The fourth-order valence-electron chi connectivity index (χ4n) is 3.58. The van der Waals surface area contributed by atoms with Crippen LogP contribution in [0, 0.1) is 0 Å². The predicted octanol–water partition coefficient (Wildman–Crippen LogP) is 3.82. The Labute approximate surface area is 130 Å². The summed E-state index contributed by atoms with van der Waals surface area (Å²) < 4.78 is 0. The first-order chi connectivity index (χ1) is 9.99. The van der Waals surface area contributed by atoms with Crippen LogP contribution >= 0.6 is 0 Å². The molecule has 0 saturated carbocycles. The molecule has 2 heteroatoms. The highest BCUT2D eigenvalue weighted by Gasteiger charge is 2.24. The smallest absolute Gasteiger partial charge is 0.0217 e. The van der Waals surface area contributed by atoms with E-state index in [1.165, 1.54) is 37.8 Å². The maximum absolute atomic E-state index is 3.77. The Morgan fingerprint density at radius 3 is 2.62 bits per heavy atom. The lowest BCUT2D eigenvalue weighted by Crippen LogP contribution is -2.46. The number of likely N-dealkylation sites (tertiary alicyclic amines) is 1. The molecule has 0 aliphatic carbocycles. The summed E-state index contributed by atoms with van der Waals surface area (Å²) in [4.78, 5) is 2.52. The Bertz CT molecular complexity index is 413. The lowest BCUT2D eigenvalue weighted by Gasteiger charge is -2.35. The normalized spacial score (nSPS) is 22.2. The number of nitrogens with zero attached hydrogens (tertiary/aromatic N) is 1. The largest absolute Gasteiger partial charge is 0.313 e. The van der Waals surface area contributed by atoms with Gasteiger partial charge in [-0.15, -0.1) is 0 Å². The zero-order valence-corrected chi connectivity index (χ0v) is 14.2. The van der Waals surface area contributed by atoms with E-state index in [1.807, 2.05) is 0 Å². The molecule has 1 aliphatic heterocycles. The number of piperidine rings is 1. The SMILES string of the molecule is CC(CC(C)(C)c1ccccc1)NCC1CCCCN1C. The first kappa shape index (κ1) is 16.5. The summed E-state index contributed by atoms with van der Waals surface area (Å²) in [5.74, 6) is 0. The van der Waals surface area contributed by atoms with Gasteiger partial charge in [-0.2, -0.15) is 0 Å². The predicted molar refractivity (Wildman–Crippen MR) is 91.8 cm³/mol. The molecule has 1 aliphatic rings.